The third-order valence-electron chi connectivity index (χ3n) is 5.72. The molecule has 2 fully saturated rings. The monoisotopic (exact) mass is 395 g/mol. The number of likely N-dealkylation sites (tertiary alicyclic amines) is 1. The lowest BCUT2D eigenvalue weighted by molar-refractivity contribution is -0.388. The molecule has 7 nitrogen and oxygen atoms in total. The van der Waals surface area contributed by atoms with Crippen LogP contribution in [0.2, 0.25) is 0 Å². The number of fused-ring (bicyclic) bond motifs is 5. The molecular formula is C18H16F3N3O4. The molecule has 1 aliphatic heterocycles. The molecule has 2 bridgehead atoms. The molecule has 0 aromatic heterocycles. The van der Waals surface area contributed by atoms with E-state index in [9.17, 15) is 32.9 Å². The first-order valence-electron chi connectivity index (χ1n) is 8.81. The fourth-order valence-electron chi connectivity index (χ4n) is 4.53. The molecule has 0 spiro atoms. The van der Waals surface area contributed by atoms with Crippen LogP contribution in [0.3, 0.4) is 0 Å². The second kappa shape index (κ2) is 6.32. The van der Waals surface area contributed by atoms with E-state index in [4.69, 9.17) is 0 Å². The maximum Gasteiger partial charge on any atom is 0.423 e. The van der Waals surface area contributed by atoms with Crippen molar-refractivity contribution >= 4 is 23.2 Å². The Hall–Kier alpha value is -2.91. The third-order valence-corrected chi connectivity index (χ3v) is 5.72. The number of nitro benzene ring substituents is 1. The van der Waals surface area contributed by atoms with Gasteiger partial charge in [0.05, 0.1) is 16.8 Å². The van der Waals surface area contributed by atoms with Crippen LogP contribution in [0.15, 0.2) is 30.4 Å². The molecule has 2 aliphatic carbocycles. The predicted molar refractivity (Wildman–Crippen MR) is 91.0 cm³/mol. The Morgan fingerprint density at radius 1 is 1.14 bits per heavy atom. The van der Waals surface area contributed by atoms with Crippen LogP contribution in [0.1, 0.15) is 12.0 Å². The van der Waals surface area contributed by atoms with Gasteiger partial charge in [-0.3, -0.25) is 24.6 Å². The third kappa shape index (κ3) is 2.83. The van der Waals surface area contributed by atoms with Crippen LogP contribution in [0, 0.1) is 33.8 Å². The van der Waals surface area contributed by atoms with E-state index < -0.39 is 22.4 Å². The lowest BCUT2D eigenvalue weighted by Gasteiger charge is -2.18. The fraction of sp³-hybridized carbons (Fsp3) is 0.444. The zero-order valence-corrected chi connectivity index (χ0v) is 14.5. The first-order valence-corrected chi connectivity index (χ1v) is 8.81. The van der Waals surface area contributed by atoms with E-state index in [0.29, 0.717) is 6.07 Å². The summed E-state index contributed by atoms with van der Waals surface area (Å²) in [6, 6.07) is 2.61. The Balaban J connectivity index is 1.43. The van der Waals surface area contributed by atoms with Crippen molar-refractivity contribution in [2.45, 2.75) is 12.6 Å². The summed E-state index contributed by atoms with van der Waals surface area (Å²) in [5, 5.41) is 13.5. The van der Waals surface area contributed by atoms with Crippen molar-refractivity contribution in [2.24, 2.45) is 23.7 Å². The van der Waals surface area contributed by atoms with Crippen molar-refractivity contribution in [1.82, 2.24) is 4.90 Å². The van der Waals surface area contributed by atoms with Gasteiger partial charge in [-0.25, -0.2) is 0 Å². The minimum Gasteiger partial charge on any atom is -0.383 e. The van der Waals surface area contributed by atoms with Crippen molar-refractivity contribution in [2.75, 3.05) is 18.4 Å². The topological polar surface area (TPSA) is 92.6 Å². The smallest absolute Gasteiger partial charge is 0.383 e. The molecule has 1 N–H and O–H groups in total. The summed E-state index contributed by atoms with van der Waals surface area (Å²) < 4.78 is 39.1. The van der Waals surface area contributed by atoms with Crippen LogP contribution in [0.5, 0.6) is 0 Å². The van der Waals surface area contributed by atoms with E-state index in [1.165, 1.54) is 11.0 Å². The molecule has 3 aliphatic rings. The van der Waals surface area contributed by atoms with Crippen LogP contribution in [-0.2, 0) is 15.8 Å². The summed E-state index contributed by atoms with van der Waals surface area (Å²) in [6.07, 6.45) is -0.0881. The van der Waals surface area contributed by atoms with Gasteiger partial charge in [-0.1, -0.05) is 12.2 Å². The number of amides is 2. The summed E-state index contributed by atoms with van der Waals surface area (Å²) in [4.78, 5) is 36.0. The number of nitrogens with zero attached hydrogens (tertiary/aromatic N) is 2. The molecule has 1 saturated heterocycles. The first kappa shape index (κ1) is 18.5. The normalized spacial score (nSPS) is 28.2. The van der Waals surface area contributed by atoms with Crippen molar-refractivity contribution in [1.29, 1.82) is 0 Å². The number of carbonyl (C=O) groups excluding carboxylic acids is 2. The Morgan fingerprint density at radius 2 is 1.75 bits per heavy atom. The Kier molecular flexibility index (Phi) is 4.16. The predicted octanol–water partition coefficient (Wildman–Crippen LogP) is 2.83. The molecule has 1 aromatic carbocycles. The highest BCUT2D eigenvalue weighted by atomic mass is 19.4. The van der Waals surface area contributed by atoms with E-state index in [-0.39, 0.29) is 54.3 Å². The highest BCUT2D eigenvalue weighted by Crippen LogP contribution is 2.52. The first-order chi connectivity index (χ1) is 13.2. The average Bonchev–Trinajstić information content (AvgIpc) is 3.30. The van der Waals surface area contributed by atoms with Gasteiger partial charge in [-0.15, -0.1) is 0 Å². The van der Waals surface area contributed by atoms with Crippen LogP contribution in [0.4, 0.5) is 24.5 Å². The highest BCUT2D eigenvalue weighted by molar-refractivity contribution is 6.06. The molecule has 148 valence electrons. The van der Waals surface area contributed by atoms with E-state index in [2.05, 4.69) is 5.32 Å². The summed E-state index contributed by atoms with van der Waals surface area (Å²) >= 11 is 0. The lowest BCUT2D eigenvalue weighted by atomic mass is 9.85. The minimum absolute atomic E-state index is 0.0268. The van der Waals surface area contributed by atoms with Crippen LogP contribution in [-0.4, -0.2) is 34.7 Å². The summed E-state index contributed by atoms with van der Waals surface area (Å²) in [5.41, 5.74) is -2.36. The molecule has 1 aromatic rings. The molecule has 0 radical (unpaired) electrons. The maximum absolute atomic E-state index is 13.0. The molecule has 10 heteroatoms. The number of imide groups is 1. The fourth-order valence-corrected chi connectivity index (χ4v) is 4.53. The van der Waals surface area contributed by atoms with E-state index in [1.54, 1.807) is 0 Å². The van der Waals surface area contributed by atoms with Gasteiger partial charge in [0.25, 0.3) is 5.69 Å². The number of anilines is 1. The van der Waals surface area contributed by atoms with Crippen LogP contribution in [0.25, 0.3) is 0 Å². The maximum atomic E-state index is 13.0. The van der Waals surface area contributed by atoms with Gasteiger partial charge in [0.15, 0.2) is 0 Å². The highest BCUT2D eigenvalue weighted by Gasteiger charge is 2.58. The lowest BCUT2D eigenvalue weighted by Crippen LogP contribution is -2.36. The van der Waals surface area contributed by atoms with Gasteiger partial charge in [-0.2, -0.15) is 13.2 Å². The second-order valence-corrected chi connectivity index (χ2v) is 7.24. The Bertz CT molecular complexity index is 869. The molecule has 1 heterocycles. The van der Waals surface area contributed by atoms with Gasteiger partial charge in [0.2, 0.25) is 11.8 Å². The summed E-state index contributed by atoms with van der Waals surface area (Å²) in [7, 11) is 0. The SMILES string of the molecule is O=C1C2C3C=CC(C3)C2C(=O)N1CCNc1ccc([N+](=O)[O-])c(C(F)(F)F)c1. The van der Waals surface area contributed by atoms with Crippen molar-refractivity contribution in [3.8, 4) is 0 Å². The Morgan fingerprint density at radius 3 is 2.29 bits per heavy atom. The zero-order valence-electron chi connectivity index (χ0n) is 14.5. The second-order valence-electron chi connectivity index (χ2n) is 7.24. The van der Waals surface area contributed by atoms with E-state index >= 15 is 0 Å². The minimum atomic E-state index is -4.87. The number of hydrogen-bond acceptors (Lipinski definition) is 5. The molecule has 4 unspecified atom stereocenters. The number of rotatable bonds is 5. The molecule has 4 rings (SSSR count). The molecule has 28 heavy (non-hydrogen) atoms. The number of nitro groups is 1. The summed E-state index contributed by atoms with van der Waals surface area (Å²) in [5.74, 6) is -0.916. The quantitative estimate of drug-likeness (QED) is 0.358. The average molecular weight is 395 g/mol. The number of nitrogens with one attached hydrogen (secondary N) is 1. The molecular weight excluding hydrogens is 379 g/mol. The number of benzene rings is 1. The Labute approximate surface area is 157 Å². The number of allylic oxidation sites excluding steroid dienone is 2. The van der Waals surface area contributed by atoms with Gasteiger partial charge < -0.3 is 5.32 Å². The van der Waals surface area contributed by atoms with Gasteiger partial charge in [-0.05, 0) is 30.4 Å². The number of carbonyl (C=O) groups is 2. The van der Waals surface area contributed by atoms with Crippen molar-refractivity contribution in [3.05, 3.63) is 46.0 Å². The van der Waals surface area contributed by atoms with Gasteiger partial charge in [0, 0.05) is 24.8 Å². The van der Waals surface area contributed by atoms with Gasteiger partial charge >= 0.3 is 6.18 Å². The van der Waals surface area contributed by atoms with Crippen LogP contribution >= 0.6 is 0 Å². The van der Waals surface area contributed by atoms with Crippen LogP contribution < -0.4 is 5.32 Å². The number of hydrogen-bond donors (Lipinski definition) is 1. The van der Waals surface area contributed by atoms with Crippen molar-refractivity contribution in [3.63, 3.8) is 0 Å². The van der Waals surface area contributed by atoms with E-state index in [1.807, 2.05) is 12.2 Å². The molecule has 4 atom stereocenters. The molecule has 1 saturated carbocycles. The largest absolute Gasteiger partial charge is 0.423 e. The van der Waals surface area contributed by atoms with Gasteiger partial charge in [0.1, 0.15) is 5.56 Å². The number of alkyl halides is 3. The zero-order chi connectivity index (χ0) is 20.2. The number of halogens is 3. The molecule has 2 amide bonds. The summed E-state index contributed by atoms with van der Waals surface area (Å²) in [6.45, 7) is 0.0806. The standard InChI is InChI=1S/C18H16F3N3O4/c19-18(20,21)12-8-11(3-4-13(12)24(27)28)22-5-6-23-16(25)14-9-1-2-10(7-9)15(14)17(23)26/h1-4,8-10,14-15,22H,5-7H2. The van der Waals surface area contributed by atoms with E-state index in [0.717, 1.165) is 12.5 Å². The van der Waals surface area contributed by atoms with Crippen molar-refractivity contribution < 1.29 is 27.7 Å².